The fourth-order valence-electron chi connectivity index (χ4n) is 2.12. The molecule has 0 fully saturated rings. The zero-order valence-electron chi connectivity index (χ0n) is 12.3. The van der Waals surface area contributed by atoms with Crippen molar-refractivity contribution in [3.05, 3.63) is 41.2 Å². The summed E-state index contributed by atoms with van der Waals surface area (Å²) in [5.41, 5.74) is 6.40. The molecule has 0 atom stereocenters. The van der Waals surface area contributed by atoms with Crippen LogP contribution >= 0.6 is 0 Å². The lowest BCUT2D eigenvalue weighted by molar-refractivity contribution is -0.0498. The number of ether oxygens (including phenoxy) is 2. The van der Waals surface area contributed by atoms with Crippen LogP contribution in [0.3, 0.4) is 0 Å². The second-order valence-corrected chi connectivity index (χ2v) is 4.63. The number of alkyl halides is 2. The average molecular weight is 321 g/mol. The van der Waals surface area contributed by atoms with E-state index in [0.717, 1.165) is 7.11 Å². The Hall–Kier alpha value is -3.08. The first-order valence-corrected chi connectivity index (χ1v) is 6.44. The van der Waals surface area contributed by atoms with E-state index >= 15 is 0 Å². The van der Waals surface area contributed by atoms with Crippen molar-refractivity contribution in [2.45, 2.75) is 13.5 Å². The Morgan fingerprint density at radius 3 is 2.70 bits per heavy atom. The third-order valence-electron chi connectivity index (χ3n) is 3.13. The molecule has 0 saturated heterocycles. The predicted molar refractivity (Wildman–Crippen MR) is 77.6 cm³/mol. The van der Waals surface area contributed by atoms with Crippen molar-refractivity contribution in [1.29, 1.82) is 5.26 Å². The highest BCUT2D eigenvalue weighted by molar-refractivity contribution is 5.96. The van der Waals surface area contributed by atoms with Crippen molar-refractivity contribution in [3.63, 3.8) is 0 Å². The first-order valence-electron chi connectivity index (χ1n) is 6.44. The lowest BCUT2D eigenvalue weighted by Crippen LogP contribution is -2.13. The summed E-state index contributed by atoms with van der Waals surface area (Å²) in [7, 11) is 1.15. The third-order valence-corrected chi connectivity index (χ3v) is 3.13. The van der Waals surface area contributed by atoms with Crippen molar-refractivity contribution in [2.24, 2.45) is 0 Å². The number of rotatable bonds is 4. The minimum absolute atomic E-state index is 0.0222. The summed E-state index contributed by atoms with van der Waals surface area (Å²) in [6.07, 6.45) is 1.27. The number of benzene rings is 1. The molecule has 0 unspecified atom stereocenters. The summed E-state index contributed by atoms with van der Waals surface area (Å²) in [5, 5.41) is 9.07. The van der Waals surface area contributed by atoms with Gasteiger partial charge in [-0.05, 0) is 24.6 Å². The number of nitrogens with two attached hydrogens (primary N) is 1. The Morgan fingerprint density at radius 2 is 2.13 bits per heavy atom. The minimum Gasteiger partial charge on any atom is -0.464 e. The summed E-state index contributed by atoms with van der Waals surface area (Å²) in [6, 6.07) is 6.36. The van der Waals surface area contributed by atoms with Gasteiger partial charge in [-0.25, -0.2) is 4.79 Å². The molecule has 1 heterocycles. The van der Waals surface area contributed by atoms with Gasteiger partial charge in [0.2, 0.25) is 0 Å². The highest BCUT2D eigenvalue weighted by Gasteiger charge is 2.24. The summed E-state index contributed by atoms with van der Waals surface area (Å²) < 4.78 is 35.6. The number of esters is 1. The van der Waals surface area contributed by atoms with Gasteiger partial charge in [0.05, 0.1) is 24.0 Å². The first kappa shape index (κ1) is 16.3. The number of nitrogens with zero attached hydrogens (tertiary/aromatic N) is 2. The van der Waals surface area contributed by atoms with Crippen molar-refractivity contribution in [2.75, 3.05) is 12.8 Å². The van der Waals surface area contributed by atoms with Crippen LogP contribution in [0.25, 0.3) is 5.69 Å². The molecule has 0 bridgehead atoms. The number of nitriles is 1. The number of aromatic nitrogens is 1. The Labute approximate surface area is 130 Å². The quantitative estimate of drug-likeness (QED) is 0.874. The molecule has 0 spiro atoms. The van der Waals surface area contributed by atoms with Gasteiger partial charge in [0.15, 0.2) is 5.69 Å². The molecule has 2 rings (SSSR count). The lowest BCUT2D eigenvalue weighted by Gasteiger charge is -2.14. The smallest absolute Gasteiger partial charge is 0.387 e. The number of nitrogen functional groups attached to an aromatic ring is 1. The number of carbonyl (C=O) groups is 1. The predicted octanol–water partition coefficient (Wildman–Crippen LogP) is 2.63. The van der Waals surface area contributed by atoms with Gasteiger partial charge in [-0.2, -0.15) is 14.0 Å². The van der Waals surface area contributed by atoms with Gasteiger partial charge in [-0.15, -0.1) is 0 Å². The average Bonchev–Trinajstić information content (AvgIpc) is 2.82. The number of halogens is 2. The van der Waals surface area contributed by atoms with Gasteiger partial charge < -0.3 is 19.8 Å². The molecule has 0 aliphatic heterocycles. The number of aryl methyl sites for hydroxylation is 1. The maximum atomic E-state index is 12.6. The lowest BCUT2D eigenvalue weighted by atomic mass is 10.2. The van der Waals surface area contributed by atoms with E-state index in [1.807, 2.05) is 6.07 Å². The van der Waals surface area contributed by atoms with Gasteiger partial charge in [0.25, 0.3) is 0 Å². The molecule has 0 saturated carbocycles. The van der Waals surface area contributed by atoms with E-state index in [2.05, 4.69) is 9.47 Å². The fourth-order valence-corrected chi connectivity index (χ4v) is 2.12. The van der Waals surface area contributed by atoms with Crippen LogP contribution in [0, 0.1) is 18.3 Å². The molecule has 8 heteroatoms. The molecule has 1 aromatic carbocycles. The van der Waals surface area contributed by atoms with Crippen LogP contribution in [0.1, 0.15) is 21.6 Å². The number of hydrogen-bond acceptors (Lipinski definition) is 5. The zero-order valence-corrected chi connectivity index (χ0v) is 12.3. The molecule has 0 radical (unpaired) electrons. The Balaban J connectivity index is 2.72. The van der Waals surface area contributed by atoms with Gasteiger partial charge in [0.1, 0.15) is 11.8 Å². The van der Waals surface area contributed by atoms with E-state index in [1.165, 1.54) is 22.9 Å². The molecule has 1 aromatic heterocycles. The van der Waals surface area contributed by atoms with Crippen LogP contribution in [-0.2, 0) is 4.74 Å². The van der Waals surface area contributed by atoms with E-state index in [1.54, 1.807) is 13.0 Å². The number of hydrogen-bond donors (Lipinski definition) is 1. The van der Waals surface area contributed by atoms with E-state index in [9.17, 15) is 13.6 Å². The van der Waals surface area contributed by atoms with Gasteiger partial charge in [-0.3, -0.25) is 0 Å². The zero-order chi connectivity index (χ0) is 17.1. The minimum atomic E-state index is -3.04. The second kappa shape index (κ2) is 6.36. The van der Waals surface area contributed by atoms with Crippen LogP contribution in [0.4, 0.5) is 14.5 Å². The highest BCUT2D eigenvalue weighted by atomic mass is 19.3. The van der Waals surface area contributed by atoms with Crippen LogP contribution < -0.4 is 10.5 Å². The van der Waals surface area contributed by atoms with Gasteiger partial charge >= 0.3 is 12.6 Å². The molecular formula is C15H13F2N3O3. The maximum absolute atomic E-state index is 12.6. The molecule has 2 N–H and O–H groups in total. The molecule has 0 aliphatic rings. The number of anilines is 1. The van der Waals surface area contributed by atoms with E-state index in [-0.39, 0.29) is 28.4 Å². The summed E-state index contributed by atoms with van der Waals surface area (Å²) in [5.74, 6) is -0.947. The molecule has 6 nitrogen and oxygen atoms in total. The number of methoxy groups -OCH3 is 1. The summed E-state index contributed by atoms with van der Waals surface area (Å²) >= 11 is 0. The van der Waals surface area contributed by atoms with Crippen molar-refractivity contribution >= 4 is 11.7 Å². The molecular weight excluding hydrogens is 308 g/mol. The van der Waals surface area contributed by atoms with E-state index < -0.39 is 12.6 Å². The third kappa shape index (κ3) is 3.08. The largest absolute Gasteiger partial charge is 0.464 e. The van der Waals surface area contributed by atoms with Crippen LogP contribution in [0.15, 0.2) is 24.4 Å². The Bertz CT molecular complexity index is 794. The van der Waals surface area contributed by atoms with E-state index in [4.69, 9.17) is 11.0 Å². The summed E-state index contributed by atoms with van der Waals surface area (Å²) in [4.78, 5) is 11.9. The van der Waals surface area contributed by atoms with E-state index in [0.29, 0.717) is 5.56 Å². The van der Waals surface area contributed by atoms with Crippen molar-refractivity contribution in [3.8, 4) is 17.5 Å². The van der Waals surface area contributed by atoms with Crippen LogP contribution in [0.5, 0.6) is 5.75 Å². The first-order chi connectivity index (χ1) is 10.9. The molecule has 23 heavy (non-hydrogen) atoms. The normalized spacial score (nSPS) is 10.4. The van der Waals surface area contributed by atoms with Crippen molar-refractivity contribution < 1.29 is 23.0 Å². The highest BCUT2D eigenvalue weighted by Crippen LogP contribution is 2.31. The fraction of sp³-hybridized carbons (Fsp3) is 0.200. The molecule has 2 aromatic rings. The molecule has 120 valence electrons. The molecule has 0 amide bonds. The Kier molecular flexibility index (Phi) is 4.50. The topological polar surface area (TPSA) is 90.3 Å². The monoisotopic (exact) mass is 321 g/mol. The summed E-state index contributed by atoms with van der Waals surface area (Å²) in [6.45, 7) is -1.34. The van der Waals surface area contributed by atoms with Crippen LogP contribution in [0.2, 0.25) is 0 Å². The standard InChI is InChI=1S/C15H13F2N3O3/c1-8-3-4-10(11(5-8)23-15(16)17)20-7-9(6-18)12(19)13(20)14(21)22-2/h3-5,7,15H,19H2,1-2H3. The second-order valence-electron chi connectivity index (χ2n) is 4.63. The van der Waals surface area contributed by atoms with Crippen LogP contribution in [-0.4, -0.2) is 24.3 Å². The molecule has 0 aliphatic carbocycles. The maximum Gasteiger partial charge on any atom is 0.387 e. The van der Waals surface area contributed by atoms with Crippen molar-refractivity contribution in [1.82, 2.24) is 4.57 Å². The SMILES string of the molecule is COC(=O)c1c(N)c(C#N)cn1-c1ccc(C)cc1OC(F)F. The Morgan fingerprint density at radius 1 is 1.43 bits per heavy atom. The number of carbonyl (C=O) groups excluding carboxylic acids is 1. The van der Waals surface area contributed by atoms with Gasteiger partial charge in [0, 0.05) is 6.20 Å². The van der Waals surface area contributed by atoms with Gasteiger partial charge in [-0.1, -0.05) is 6.07 Å².